The Bertz CT molecular complexity index is 1390. The van der Waals surface area contributed by atoms with Crippen molar-refractivity contribution in [3.05, 3.63) is 35.7 Å². The second-order valence-electron chi connectivity index (χ2n) is 10.1. The number of ether oxygens (including phenoxy) is 1. The van der Waals surface area contributed by atoms with Crippen LogP contribution in [0.5, 0.6) is 0 Å². The molecule has 1 fully saturated rings. The van der Waals surface area contributed by atoms with Gasteiger partial charge in [-0.3, -0.25) is 0 Å². The van der Waals surface area contributed by atoms with Crippen LogP contribution in [-0.4, -0.2) is 65.4 Å². The summed E-state index contributed by atoms with van der Waals surface area (Å²) in [6.45, 7) is 6.80. The first kappa shape index (κ1) is 22.6. The monoisotopic (exact) mass is 483 g/mol. The number of carbonyl (C=O) groups excluding carboxylic acids is 1. The summed E-state index contributed by atoms with van der Waals surface area (Å²) in [7, 11) is -3.31. The number of fused-ring (bicyclic) bond motifs is 2. The number of carbonyl (C=O) groups is 1. The lowest BCUT2D eigenvalue weighted by atomic mass is 9.91. The third kappa shape index (κ3) is 4.34. The first-order chi connectivity index (χ1) is 16.0. The van der Waals surface area contributed by atoms with Gasteiger partial charge in [-0.05, 0) is 51.3 Å². The molecule has 0 bridgehead atoms. The zero-order valence-corrected chi connectivity index (χ0v) is 20.6. The Labute approximate surface area is 198 Å². The number of H-pyrrole nitrogens is 1. The van der Waals surface area contributed by atoms with Gasteiger partial charge in [0.1, 0.15) is 5.60 Å². The molecule has 9 nitrogen and oxygen atoms in total. The molecular weight excluding hydrogens is 454 g/mol. The number of amides is 1. The molecule has 1 aliphatic heterocycles. The molecule has 2 aliphatic rings. The Morgan fingerprint density at radius 3 is 2.79 bits per heavy atom. The van der Waals surface area contributed by atoms with Gasteiger partial charge in [0, 0.05) is 66.2 Å². The molecule has 1 aliphatic carbocycles. The minimum atomic E-state index is -3.31. The SMILES string of the molecule is CC(C)(C)OC(=O)N1CCC[C@H](Nc2ncc3c(n2)-c2c[nH]c4cc(S(C)(=O)=O)cc(c24)C3)C1. The summed E-state index contributed by atoms with van der Waals surface area (Å²) in [5, 5.41) is 4.39. The normalized spacial score (nSPS) is 18.0. The summed E-state index contributed by atoms with van der Waals surface area (Å²) < 4.78 is 29.7. The fourth-order valence-electron chi connectivity index (χ4n) is 4.68. The minimum absolute atomic E-state index is 0.0266. The minimum Gasteiger partial charge on any atom is -0.444 e. The zero-order chi connectivity index (χ0) is 24.3. The van der Waals surface area contributed by atoms with Crippen LogP contribution < -0.4 is 5.32 Å². The molecule has 1 aromatic carbocycles. The second kappa shape index (κ2) is 7.97. The molecule has 3 heterocycles. The smallest absolute Gasteiger partial charge is 0.410 e. The summed E-state index contributed by atoms with van der Waals surface area (Å²) in [6, 6.07) is 3.45. The van der Waals surface area contributed by atoms with E-state index in [0.29, 0.717) is 30.4 Å². The molecule has 34 heavy (non-hydrogen) atoms. The molecule has 5 rings (SSSR count). The summed E-state index contributed by atoms with van der Waals surface area (Å²) in [6.07, 6.45) is 6.94. The number of piperidine rings is 1. The fourth-order valence-corrected chi connectivity index (χ4v) is 5.37. The molecule has 2 aromatic heterocycles. The number of sulfone groups is 1. The number of hydrogen-bond donors (Lipinski definition) is 2. The van der Waals surface area contributed by atoms with Gasteiger partial charge in [0.15, 0.2) is 9.84 Å². The van der Waals surface area contributed by atoms with Crippen molar-refractivity contribution in [3.8, 4) is 11.3 Å². The van der Waals surface area contributed by atoms with Crippen molar-refractivity contribution in [3.63, 3.8) is 0 Å². The number of benzene rings is 1. The highest BCUT2D eigenvalue weighted by atomic mass is 32.2. The molecule has 1 atom stereocenters. The van der Waals surface area contributed by atoms with E-state index in [0.717, 1.165) is 46.1 Å². The zero-order valence-electron chi connectivity index (χ0n) is 19.8. The van der Waals surface area contributed by atoms with E-state index in [1.165, 1.54) is 6.26 Å². The third-order valence-electron chi connectivity index (χ3n) is 6.17. The molecule has 3 aromatic rings. The van der Waals surface area contributed by atoms with Crippen LogP contribution in [0.3, 0.4) is 0 Å². The number of aromatic amines is 1. The van der Waals surface area contributed by atoms with Gasteiger partial charge in [0.2, 0.25) is 5.95 Å². The Hall–Kier alpha value is -3.14. The van der Waals surface area contributed by atoms with E-state index >= 15 is 0 Å². The predicted octanol–water partition coefficient (Wildman–Crippen LogP) is 3.74. The highest BCUT2D eigenvalue weighted by molar-refractivity contribution is 7.90. The summed E-state index contributed by atoms with van der Waals surface area (Å²) in [5.74, 6) is 0.514. The number of hydrogen-bond acceptors (Lipinski definition) is 7. The van der Waals surface area contributed by atoms with Gasteiger partial charge in [0.25, 0.3) is 0 Å². The molecule has 0 unspecified atom stereocenters. The Kier molecular flexibility index (Phi) is 5.31. The van der Waals surface area contributed by atoms with Crippen LogP contribution >= 0.6 is 0 Å². The quantitative estimate of drug-likeness (QED) is 0.456. The second-order valence-corrected chi connectivity index (χ2v) is 12.1. The van der Waals surface area contributed by atoms with E-state index in [-0.39, 0.29) is 12.1 Å². The largest absolute Gasteiger partial charge is 0.444 e. The van der Waals surface area contributed by atoms with E-state index < -0.39 is 15.4 Å². The first-order valence-corrected chi connectivity index (χ1v) is 13.3. The molecule has 0 spiro atoms. The van der Waals surface area contributed by atoms with Crippen LogP contribution in [0.4, 0.5) is 10.7 Å². The van der Waals surface area contributed by atoms with E-state index in [9.17, 15) is 13.2 Å². The van der Waals surface area contributed by atoms with Gasteiger partial charge < -0.3 is 19.9 Å². The maximum Gasteiger partial charge on any atom is 0.410 e. The summed E-state index contributed by atoms with van der Waals surface area (Å²) in [4.78, 5) is 27.1. The van der Waals surface area contributed by atoms with Crippen molar-refractivity contribution < 1.29 is 17.9 Å². The van der Waals surface area contributed by atoms with Crippen LogP contribution in [0, 0.1) is 0 Å². The molecule has 1 amide bonds. The third-order valence-corrected chi connectivity index (χ3v) is 7.26. The Morgan fingerprint density at radius 1 is 1.26 bits per heavy atom. The van der Waals surface area contributed by atoms with Crippen LogP contribution in [0.25, 0.3) is 22.2 Å². The average molecular weight is 484 g/mol. The number of nitrogens with zero attached hydrogens (tertiary/aromatic N) is 3. The van der Waals surface area contributed by atoms with Crippen LogP contribution in [0.2, 0.25) is 0 Å². The number of anilines is 1. The molecule has 0 saturated carbocycles. The predicted molar refractivity (Wildman–Crippen MR) is 130 cm³/mol. The van der Waals surface area contributed by atoms with Crippen molar-refractivity contribution in [2.24, 2.45) is 0 Å². The molecule has 180 valence electrons. The van der Waals surface area contributed by atoms with Gasteiger partial charge in [-0.1, -0.05) is 0 Å². The maximum absolute atomic E-state index is 12.5. The number of nitrogens with one attached hydrogen (secondary N) is 2. The van der Waals surface area contributed by atoms with Crippen molar-refractivity contribution >= 4 is 32.8 Å². The Morgan fingerprint density at radius 2 is 2.06 bits per heavy atom. The molecule has 10 heteroatoms. The highest BCUT2D eigenvalue weighted by Crippen LogP contribution is 2.39. The molecule has 0 radical (unpaired) electrons. The van der Waals surface area contributed by atoms with Gasteiger partial charge >= 0.3 is 6.09 Å². The van der Waals surface area contributed by atoms with Gasteiger partial charge in [-0.15, -0.1) is 0 Å². The van der Waals surface area contributed by atoms with Crippen molar-refractivity contribution in [1.82, 2.24) is 19.9 Å². The first-order valence-electron chi connectivity index (χ1n) is 11.4. The molecular formula is C24H29N5O4S. The number of aromatic nitrogens is 3. The molecule has 2 N–H and O–H groups in total. The van der Waals surface area contributed by atoms with E-state index in [4.69, 9.17) is 9.72 Å². The fraction of sp³-hybridized carbons (Fsp3) is 0.458. The molecule has 1 saturated heterocycles. The van der Waals surface area contributed by atoms with Gasteiger partial charge in [0.05, 0.1) is 10.6 Å². The summed E-state index contributed by atoms with van der Waals surface area (Å²) >= 11 is 0. The number of rotatable bonds is 3. The lowest BCUT2D eigenvalue weighted by molar-refractivity contribution is 0.0206. The van der Waals surface area contributed by atoms with E-state index in [1.807, 2.05) is 27.0 Å². The highest BCUT2D eigenvalue weighted by Gasteiger charge is 2.29. The van der Waals surface area contributed by atoms with E-state index in [2.05, 4.69) is 15.3 Å². The van der Waals surface area contributed by atoms with E-state index in [1.54, 1.807) is 23.2 Å². The van der Waals surface area contributed by atoms with Crippen molar-refractivity contribution in [2.45, 2.75) is 56.6 Å². The standard InChI is InChI=1S/C24H29N5O4S/c1-24(2,3)33-23(30)29-7-5-6-16(13-29)27-22-26-11-15-8-14-9-17(34(4,31)32)10-19-20(14)18(12-25-19)21(15)28-22/h9-12,16,25H,5-8,13H2,1-4H3,(H,26,27,28)/t16-/m0/s1. The lowest BCUT2D eigenvalue weighted by Gasteiger charge is -2.34. The number of likely N-dealkylation sites (tertiary alicyclic amines) is 1. The van der Waals surface area contributed by atoms with Crippen LogP contribution in [0.1, 0.15) is 44.7 Å². The summed E-state index contributed by atoms with van der Waals surface area (Å²) in [5.41, 5.74) is 3.93. The maximum atomic E-state index is 12.5. The average Bonchev–Trinajstić information content (AvgIpc) is 3.18. The van der Waals surface area contributed by atoms with Crippen LogP contribution in [0.15, 0.2) is 29.4 Å². The van der Waals surface area contributed by atoms with Crippen molar-refractivity contribution in [1.29, 1.82) is 0 Å². The Balaban J connectivity index is 1.39. The van der Waals surface area contributed by atoms with Crippen molar-refractivity contribution in [2.75, 3.05) is 24.7 Å². The van der Waals surface area contributed by atoms with Gasteiger partial charge in [-0.25, -0.2) is 23.2 Å². The lowest BCUT2D eigenvalue weighted by Crippen LogP contribution is -2.47. The topological polar surface area (TPSA) is 117 Å². The van der Waals surface area contributed by atoms with Crippen LogP contribution in [-0.2, 0) is 21.0 Å². The van der Waals surface area contributed by atoms with Gasteiger partial charge in [-0.2, -0.15) is 0 Å².